The molecule has 1 aromatic carbocycles. The second kappa shape index (κ2) is 6.59. The van der Waals surface area contributed by atoms with E-state index in [1.807, 2.05) is 25.1 Å². The standard InChI is InChI=1S/C14H16O4/c1-10-7-11(3-5-13(15)16)9-12(8-10)4-6-14(17)18-2/h3,5,7-9H,4,6H2,1-2H3,(H,15,16)/b5-3+. The van der Waals surface area contributed by atoms with Crippen LogP contribution in [0.4, 0.5) is 0 Å². The Balaban J connectivity index is 2.80. The predicted octanol–water partition coefficient (Wildman–Crippen LogP) is 2.20. The molecule has 0 amide bonds. The molecular weight excluding hydrogens is 232 g/mol. The minimum Gasteiger partial charge on any atom is -0.478 e. The molecule has 0 heterocycles. The molecule has 0 aliphatic heterocycles. The van der Waals surface area contributed by atoms with Crippen LogP contribution in [-0.2, 0) is 20.7 Å². The topological polar surface area (TPSA) is 63.6 Å². The average Bonchev–Trinajstić information content (AvgIpc) is 2.33. The molecule has 0 aromatic heterocycles. The molecule has 0 spiro atoms. The SMILES string of the molecule is COC(=O)CCc1cc(C)cc(/C=C/C(=O)O)c1. The Morgan fingerprint density at radius 1 is 1.33 bits per heavy atom. The molecule has 0 unspecified atom stereocenters. The summed E-state index contributed by atoms with van der Waals surface area (Å²) in [7, 11) is 1.36. The third kappa shape index (κ3) is 4.82. The molecule has 1 N–H and O–H groups in total. The highest BCUT2D eigenvalue weighted by atomic mass is 16.5. The van der Waals surface area contributed by atoms with Crippen molar-refractivity contribution in [2.45, 2.75) is 19.8 Å². The smallest absolute Gasteiger partial charge is 0.328 e. The number of carbonyl (C=O) groups is 2. The van der Waals surface area contributed by atoms with Crippen molar-refractivity contribution >= 4 is 18.0 Å². The van der Waals surface area contributed by atoms with E-state index in [0.717, 1.165) is 22.8 Å². The number of aliphatic carboxylic acids is 1. The first kappa shape index (κ1) is 14.0. The summed E-state index contributed by atoms with van der Waals surface area (Å²) in [5, 5.41) is 8.57. The van der Waals surface area contributed by atoms with Crippen LogP contribution in [0.1, 0.15) is 23.1 Å². The molecule has 18 heavy (non-hydrogen) atoms. The number of carboxylic acid groups (broad SMARTS) is 1. The van der Waals surface area contributed by atoms with Crippen molar-refractivity contribution in [3.8, 4) is 0 Å². The number of methoxy groups -OCH3 is 1. The van der Waals surface area contributed by atoms with Crippen LogP contribution in [-0.4, -0.2) is 24.2 Å². The van der Waals surface area contributed by atoms with Gasteiger partial charge in [-0.25, -0.2) is 4.79 Å². The number of benzene rings is 1. The first-order valence-corrected chi connectivity index (χ1v) is 5.59. The van der Waals surface area contributed by atoms with Crippen molar-refractivity contribution in [2.75, 3.05) is 7.11 Å². The number of esters is 1. The number of hydrogen-bond donors (Lipinski definition) is 1. The fourth-order valence-corrected chi connectivity index (χ4v) is 1.65. The third-order valence-electron chi connectivity index (χ3n) is 2.42. The summed E-state index contributed by atoms with van der Waals surface area (Å²) in [4.78, 5) is 21.5. The van der Waals surface area contributed by atoms with Gasteiger partial charge in [0.25, 0.3) is 0 Å². The van der Waals surface area contributed by atoms with E-state index in [-0.39, 0.29) is 5.97 Å². The van der Waals surface area contributed by atoms with Crippen molar-refractivity contribution in [3.63, 3.8) is 0 Å². The van der Waals surface area contributed by atoms with Gasteiger partial charge < -0.3 is 9.84 Å². The van der Waals surface area contributed by atoms with Gasteiger partial charge in [-0.3, -0.25) is 4.79 Å². The Bertz CT molecular complexity index is 475. The highest BCUT2D eigenvalue weighted by molar-refractivity contribution is 5.85. The predicted molar refractivity (Wildman–Crippen MR) is 68.2 cm³/mol. The maximum absolute atomic E-state index is 11.1. The van der Waals surface area contributed by atoms with Crippen molar-refractivity contribution < 1.29 is 19.4 Å². The van der Waals surface area contributed by atoms with Crippen LogP contribution in [0.2, 0.25) is 0 Å². The molecule has 0 fully saturated rings. The van der Waals surface area contributed by atoms with E-state index in [1.165, 1.54) is 13.2 Å². The Hall–Kier alpha value is -2.10. The number of carboxylic acids is 1. The number of hydrogen-bond acceptors (Lipinski definition) is 3. The van der Waals surface area contributed by atoms with Crippen LogP contribution < -0.4 is 0 Å². The summed E-state index contributed by atoms with van der Waals surface area (Å²) < 4.78 is 4.58. The summed E-state index contributed by atoms with van der Waals surface area (Å²) in [6, 6.07) is 5.73. The molecule has 0 aliphatic rings. The fraction of sp³-hybridized carbons (Fsp3) is 0.286. The lowest BCUT2D eigenvalue weighted by molar-refractivity contribution is -0.140. The molecule has 96 valence electrons. The van der Waals surface area contributed by atoms with E-state index in [0.29, 0.717) is 12.8 Å². The highest BCUT2D eigenvalue weighted by Gasteiger charge is 2.03. The van der Waals surface area contributed by atoms with Crippen molar-refractivity contribution in [1.29, 1.82) is 0 Å². The molecule has 1 aromatic rings. The van der Waals surface area contributed by atoms with Gasteiger partial charge in [0.2, 0.25) is 0 Å². The Morgan fingerprint density at radius 2 is 2.06 bits per heavy atom. The molecule has 0 atom stereocenters. The molecule has 4 heteroatoms. The molecule has 4 nitrogen and oxygen atoms in total. The van der Waals surface area contributed by atoms with Gasteiger partial charge in [-0.05, 0) is 30.5 Å². The molecule has 0 saturated carbocycles. The largest absolute Gasteiger partial charge is 0.478 e. The average molecular weight is 248 g/mol. The van der Waals surface area contributed by atoms with Gasteiger partial charge in [-0.15, -0.1) is 0 Å². The number of aryl methyl sites for hydroxylation is 2. The Labute approximate surface area is 106 Å². The molecule has 0 bridgehead atoms. The molecule has 1 rings (SSSR count). The van der Waals surface area contributed by atoms with E-state index >= 15 is 0 Å². The highest BCUT2D eigenvalue weighted by Crippen LogP contribution is 2.13. The van der Waals surface area contributed by atoms with Crippen LogP contribution in [0, 0.1) is 6.92 Å². The maximum Gasteiger partial charge on any atom is 0.328 e. The summed E-state index contributed by atoms with van der Waals surface area (Å²) >= 11 is 0. The Kier molecular flexibility index (Phi) is 5.11. The summed E-state index contributed by atoms with van der Waals surface area (Å²) in [6.45, 7) is 1.93. The summed E-state index contributed by atoms with van der Waals surface area (Å²) in [6.07, 6.45) is 3.54. The molecular formula is C14H16O4. The van der Waals surface area contributed by atoms with Crippen LogP contribution in [0.3, 0.4) is 0 Å². The summed E-state index contributed by atoms with van der Waals surface area (Å²) in [5.41, 5.74) is 2.84. The van der Waals surface area contributed by atoms with Crippen LogP contribution in [0.25, 0.3) is 6.08 Å². The number of carbonyl (C=O) groups excluding carboxylic acids is 1. The first-order valence-electron chi connectivity index (χ1n) is 5.59. The van der Waals surface area contributed by atoms with Crippen LogP contribution >= 0.6 is 0 Å². The zero-order chi connectivity index (χ0) is 13.5. The number of rotatable bonds is 5. The molecule has 0 aliphatic carbocycles. The van der Waals surface area contributed by atoms with Gasteiger partial charge in [0.05, 0.1) is 7.11 Å². The fourth-order valence-electron chi connectivity index (χ4n) is 1.65. The minimum absolute atomic E-state index is 0.251. The van der Waals surface area contributed by atoms with Crippen LogP contribution in [0.15, 0.2) is 24.3 Å². The zero-order valence-corrected chi connectivity index (χ0v) is 10.5. The lowest BCUT2D eigenvalue weighted by Crippen LogP contribution is -2.02. The van der Waals surface area contributed by atoms with Gasteiger partial charge in [0.1, 0.15) is 0 Å². The minimum atomic E-state index is -0.979. The van der Waals surface area contributed by atoms with E-state index in [9.17, 15) is 9.59 Å². The van der Waals surface area contributed by atoms with Crippen LogP contribution in [0.5, 0.6) is 0 Å². The first-order chi connectivity index (χ1) is 8.51. The van der Waals surface area contributed by atoms with E-state index in [2.05, 4.69) is 4.74 Å². The zero-order valence-electron chi connectivity index (χ0n) is 10.5. The third-order valence-corrected chi connectivity index (χ3v) is 2.42. The molecule has 0 radical (unpaired) electrons. The quantitative estimate of drug-likeness (QED) is 0.641. The van der Waals surface area contributed by atoms with Gasteiger partial charge in [-0.2, -0.15) is 0 Å². The number of ether oxygens (including phenoxy) is 1. The van der Waals surface area contributed by atoms with E-state index in [4.69, 9.17) is 5.11 Å². The normalized spacial score (nSPS) is 10.6. The Morgan fingerprint density at radius 3 is 2.67 bits per heavy atom. The van der Waals surface area contributed by atoms with Gasteiger partial charge in [-0.1, -0.05) is 23.8 Å². The van der Waals surface area contributed by atoms with Gasteiger partial charge in [0, 0.05) is 12.5 Å². The second-order valence-electron chi connectivity index (χ2n) is 4.00. The van der Waals surface area contributed by atoms with Crippen molar-refractivity contribution in [2.24, 2.45) is 0 Å². The second-order valence-corrected chi connectivity index (χ2v) is 4.00. The van der Waals surface area contributed by atoms with E-state index < -0.39 is 5.97 Å². The van der Waals surface area contributed by atoms with Crippen molar-refractivity contribution in [1.82, 2.24) is 0 Å². The van der Waals surface area contributed by atoms with Gasteiger partial charge >= 0.3 is 11.9 Å². The lowest BCUT2D eigenvalue weighted by atomic mass is 10.0. The van der Waals surface area contributed by atoms with Gasteiger partial charge in [0.15, 0.2) is 0 Å². The summed E-state index contributed by atoms with van der Waals surface area (Å²) in [5.74, 6) is -1.23. The lowest BCUT2D eigenvalue weighted by Gasteiger charge is -2.04. The van der Waals surface area contributed by atoms with Crippen molar-refractivity contribution in [3.05, 3.63) is 41.0 Å². The maximum atomic E-state index is 11.1. The van der Waals surface area contributed by atoms with E-state index in [1.54, 1.807) is 0 Å². The monoisotopic (exact) mass is 248 g/mol. The molecule has 0 saturated heterocycles.